The summed E-state index contributed by atoms with van der Waals surface area (Å²) in [5, 5.41) is 0. The zero-order chi connectivity index (χ0) is 14.4. The number of hydrogen-bond donors (Lipinski definition) is 1. The van der Waals surface area contributed by atoms with Gasteiger partial charge in [-0.25, -0.2) is 0 Å². The van der Waals surface area contributed by atoms with E-state index in [4.69, 9.17) is 4.74 Å². The second kappa shape index (κ2) is 7.10. The number of quaternary nitrogens is 1. The minimum Gasteiger partial charge on any atom is -0.493 e. The van der Waals surface area contributed by atoms with Crippen molar-refractivity contribution >= 4 is 5.91 Å². The molecule has 1 aromatic carbocycles. The maximum Gasteiger partial charge on any atom is 0.258 e. The first-order valence-corrected chi connectivity index (χ1v) is 7.21. The lowest BCUT2D eigenvalue weighted by molar-refractivity contribution is -0.898. The molecule has 2 rings (SSSR count). The average molecular weight is 275 g/mol. The highest BCUT2D eigenvalue weighted by atomic mass is 16.5. The second-order valence-electron chi connectivity index (χ2n) is 4.96. The van der Waals surface area contributed by atoms with Crippen molar-refractivity contribution in [3.05, 3.63) is 42.5 Å². The van der Waals surface area contributed by atoms with Gasteiger partial charge in [-0.1, -0.05) is 18.7 Å². The summed E-state index contributed by atoms with van der Waals surface area (Å²) in [6.45, 7) is 10.8. The van der Waals surface area contributed by atoms with Crippen molar-refractivity contribution in [1.29, 1.82) is 0 Å². The lowest BCUT2D eigenvalue weighted by Crippen LogP contribution is -3.14. The summed E-state index contributed by atoms with van der Waals surface area (Å²) >= 11 is 0. The number of hydrogen-bond acceptors (Lipinski definition) is 2. The molecule has 0 saturated carbocycles. The van der Waals surface area contributed by atoms with Crippen molar-refractivity contribution in [3.63, 3.8) is 0 Å². The lowest BCUT2D eigenvalue weighted by atomic mass is 10.1. The van der Waals surface area contributed by atoms with Crippen molar-refractivity contribution in [2.24, 2.45) is 0 Å². The molecule has 4 nitrogen and oxygen atoms in total. The van der Waals surface area contributed by atoms with Gasteiger partial charge in [0.15, 0.2) is 0 Å². The van der Waals surface area contributed by atoms with Crippen LogP contribution in [0.15, 0.2) is 36.9 Å². The number of benzene rings is 1. The first-order valence-electron chi connectivity index (χ1n) is 7.21. The third kappa shape index (κ3) is 3.39. The van der Waals surface area contributed by atoms with Crippen LogP contribution in [0.4, 0.5) is 0 Å². The molecule has 0 atom stereocenters. The Morgan fingerprint density at radius 1 is 1.40 bits per heavy atom. The maximum atomic E-state index is 12.6. The number of rotatable bonds is 5. The van der Waals surface area contributed by atoms with E-state index in [2.05, 4.69) is 6.58 Å². The van der Waals surface area contributed by atoms with Gasteiger partial charge in [-0.2, -0.15) is 0 Å². The molecule has 0 bridgehead atoms. The van der Waals surface area contributed by atoms with Crippen LogP contribution in [0.2, 0.25) is 0 Å². The molecule has 0 unspecified atom stereocenters. The summed E-state index contributed by atoms with van der Waals surface area (Å²) < 4.78 is 5.54. The number of ether oxygens (including phenoxy) is 1. The van der Waals surface area contributed by atoms with E-state index in [-0.39, 0.29) is 5.91 Å². The van der Waals surface area contributed by atoms with Gasteiger partial charge in [-0.3, -0.25) is 4.79 Å². The Morgan fingerprint density at radius 3 is 2.75 bits per heavy atom. The summed E-state index contributed by atoms with van der Waals surface area (Å²) in [5.41, 5.74) is 0.668. The number of nitrogens with one attached hydrogen (secondary N) is 1. The molecule has 1 N–H and O–H groups in total. The number of piperazine rings is 1. The Balaban J connectivity index is 2.03. The standard InChI is InChI=1S/C16H22N2O2/c1-3-9-17-10-12-18(13-11-17)16(19)14-7-5-6-8-15(14)20-4-2/h3,5-8H,1,4,9-13H2,2H3/p+1. The number of nitrogens with zero attached hydrogens (tertiary/aromatic N) is 1. The summed E-state index contributed by atoms with van der Waals surface area (Å²) in [6, 6.07) is 7.48. The first kappa shape index (κ1) is 14.6. The van der Waals surface area contributed by atoms with Gasteiger partial charge in [0.25, 0.3) is 5.91 Å². The van der Waals surface area contributed by atoms with Gasteiger partial charge in [-0.15, -0.1) is 0 Å². The Morgan fingerprint density at radius 2 is 2.10 bits per heavy atom. The van der Waals surface area contributed by atoms with Gasteiger partial charge in [-0.05, 0) is 25.1 Å². The van der Waals surface area contributed by atoms with E-state index >= 15 is 0 Å². The molecular weight excluding hydrogens is 252 g/mol. The zero-order valence-electron chi connectivity index (χ0n) is 12.1. The highest BCUT2D eigenvalue weighted by molar-refractivity contribution is 5.97. The molecule has 20 heavy (non-hydrogen) atoms. The number of carbonyl (C=O) groups excluding carboxylic acids is 1. The Labute approximate surface area is 120 Å². The van der Waals surface area contributed by atoms with Crippen LogP contribution in [0.5, 0.6) is 5.75 Å². The van der Waals surface area contributed by atoms with Crippen LogP contribution in [-0.4, -0.2) is 50.1 Å². The van der Waals surface area contributed by atoms with Crippen LogP contribution in [0.25, 0.3) is 0 Å². The van der Waals surface area contributed by atoms with Crippen molar-refractivity contribution in [2.75, 3.05) is 39.3 Å². The molecule has 0 spiro atoms. The highest BCUT2D eigenvalue weighted by Gasteiger charge is 2.25. The van der Waals surface area contributed by atoms with E-state index in [1.165, 1.54) is 4.90 Å². The monoisotopic (exact) mass is 275 g/mol. The van der Waals surface area contributed by atoms with E-state index in [1.54, 1.807) is 0 Å². The summed E-state index contributed by atoms with van der Waals surface area (Å²) in [7, 11) is 0. The molecule has 108 valence electrons. The van der Waals surface area contributed by atoms with Crippen LogP contribution in [-0.2, 0) is 0 Å². The van der Waals surface area contributed by atoms with Gasteiger partial charge in [0.05, 0.1) is 44.9 Å². The van der Waals surface area contributed by atoms with Gasteiger partial charge >= 0.3 is 0 Å². The van der Waals surface area contributed by atoms with E-state index in [0.29, 0.717) is 17.9 Å². The SMILES string of the molecule is C=CC[NH+]1CCN(C(=O)c2ccccc2OCC)CC1. The first-order chi connectivity index (χ1) is 9.76. The van der Waals surface area contributed by atoms with Crippen LogP contribution in [0, 0.1) is 0 Å². The molecule has 1 heterocycles. The van der Waals surface area contributed by atoms with Crippen LogP contribution >= 0.6 is 0 Å². The minimum atomic E-state index is 0.0757. The zero-order valence-corrected chi connectivity index (χ0v) is 12.1. The summed E-state index contributed by atoms with van der Waals surface area (Å²) in [5.74, 6) is 0.757. The van der Waals surface area contributed by atoms with Crippen LogP contribution in [0.1, 0.15) is 17.3 Å². The normalized spacial score (nSPS) is 15.9. The largest absolute Gasteiger partial charge is 0.493 e. The fraction of sp³-hybridized carbons (Fsp3) is 0.438. The van der Waals surface area contributed by atoms with Crippen molar-refractivity contribution in [2.45, 2.75) is 6.92 Å². The van der Waals surface area contributed by atoms with Crippen molar-refractivity contribution in [1.82, 2.24) is 4.90 Å². The van der Waals surface area contributed by atoms with Crippen LogP contribution < -0.4 is 9.64 Å². The number of amides is 1. The topological polar surface area (TPSA) is 34.0 Å². The minimum absolute atomic E-state index is 0.0757. The second-order valence-corrected chi connectivity index (χ2v) is 4.96. The predicted octanol–water partition coefficient (Wildman–Crippen LogP) is 0.612. The van der Waals surface area contributed by atoms with Gasteiger partial charge in [0.2, 0.25) is 0 Å². The summed E-state index contributed by atoms with van der Waals surface area (Å²) in [6.07, 6.45) is 1.94. The third-order valence-electron chi connectivity index (χ3n) is 3.61. The Bertz CT molecular complexity index is 465. The smallest absolute Gasteiger partial charge is 0.258 e. The fourth-order valence-corrected chi connectivity index (χ4v) is 2.53. The lowest BCUT2D eigenvalue weighted by Gasteiger charge is -2.32. The molecule has 4 heteroatoms. The Hall–Kier alpha value is -1.81. The molecule has 1 aliphatic rings. The van der Waals surface area contributed by atoms with E-state index in [1.807, 2.05) is 42.2 Å². The highest BCUT2D eigenvalue weighted by Crippen LogP contribution is 2.19. The van der Waals surface area contributed by atoms with E-state index < -0.39 is 0 Å². The number of carbonyl (C=O) groups is 1. The van der Waals surface area contributed by atoms with Crippen molar-refractivity contribution < 1.29 is 14.4 Å². The molecule has 1 aromatic rings. The third-order valence-corrected chi connectivity index (χ3v) is 3.61. The Kier molecular flexibility index (Phi) is 5.18. The van der Waals surface area contributed by atoms with E-state index in [9.17, 15) is 4.79 Å². The molecule has 0 aliphatic carbocycles. The molecular formula is C16H23N2O2+. The van der Waals surface area contributed by atoms with Crippen LogP contribution in [0.3, 0.4) is 0 Å². The van der Waals surface area contributed by atoms with E-state index in [0.717, 1.165) is 32.7 Å². The molecule has 1 aliphatic heterocycles. The predicted molar refractivity (Wildman–Crippen MR) is 79.3 cm³/mol. The number of para-hydroxylation sites is 1. The van der Waals surface area contributed by atoms with Gasteiger partial charge in [0, 0.05) is 0 Å². The summed E-state index contributed by atoms with van der Waals surface area (Å²) in [4.78, 5) is 16.0. The molecule has 1 saturated heterocycles. The average Bonchev–Trinajstić information content (AvgIpc) is 2.49. The van der Waals surface area contributed by atoms with Gasteiger partial charge in [0.1, 0.15) is 5.75 Å². The van der Waals surface area contributed by atoms with Gasteiger partial charge < -0.3 is 14.5 Å². The molecule has 0 radical (unpaired) electrons. The quantitative estimate of drug-likeness (QED) is 0.799. The molecule has 1 fully saturated rings. The maximum absolute atomic E-state index is 12.6. The van der Waals surface area contributed by atoms with Crippen molar-refractivity contribution in [3.8, 4) is 5.75 Å². The molecule has 0 aromatic heterocycles. The fourth-order valence-electron chi connectivity index (χ4n) is 2.53. The molecule has 1 amide bonds.